The summed E-state index contributed by atoms with van der Waals surface area (Å²) in [5.74, 6) is 0.194. The van der Waals surface area contributed by atoms with Gasteiger partial charge in [0.15, 0.2) is 0 Å². The molecular weight excluding hydrogens is 254 g/mol. The minimum absolute atomic E-state index is 0.102. The molecule has 0 atom stereocenters. The second-order valence-electron chi connectivity index (χ2n) is 5.53. The van der Waals surface area contributed by atoms with Crippen molar-refractivity contribution in [3.05, 3.63) is 34.2 Å². The normalized spacial score (nSPS) is 16.2. The second-order valence-corrected chi connectivity index (χ2v) is 5.53. The van der Waals surface area contributed by atoms with E-state index in [4.69, 9.17) is 0 Å². The molecule has 1 aliphatic rings. The fraction of sp³-hybridized carbons (Fsp3) is 0.600. The molecule has 1 amide bonds. The number of aromatic amines is 1. The highest BCUT2D eigenvalue weighted by atomic mass is 16.2. The van der Waals surface area contributed by atoms with E-state index in [0.717, 1.165) is 31.5 Å². The van der Waals surface area contributed by atoms with Crippen LogP contribution in [0, 0.1) is 0 Å². The Morgan fingerprint density at radius 2 is 2.00 bits per heavy atom. The lowest BCUT2D eigenvalue weighted by Crippen LogP contribution is -2.39. The zero-order valence-corrected chi connectivity index (χ0v) is 12.1. The molecule has 2 rings (SSSR count). The maximum atomic E-state index is 12.2. The Kier molecular flexibility index (Phi) is 5.35. The maximum absolute atomic E-state index is 12.2. The number of H-pyrrole nitrogens is 1. The molecule has 0 spiro atoms. The zero-order chi connectivity index (χ0) is 14.4. The fourth-order valence-corrected chi connectivity index (χ4v) is 2.61. The average Bonchev–Trinajstić information content (AvgIpc) is 2.67. The Hall–Kier alpha value is -1.62. The highest BCUT2D eigenvalue weighted by Crippen LogP contribution is 2.10. The van der Waals surface area contributed by atoms with E-state index in [2.05, 4.69) is 4.98 Å². The summed E-state index contributed by atoms with van der Waals surface area (Å²) in [6.45, 7) is 2.80. The number of carbonyl (C=O) groups excluding carboxylic acids is 1. The molecule has 1 aliphatic heterocycles. The molecule has 1 N–H and O–H groups in total. The number of hydrogen-bond acceptors (Lipinski definition) is 3. The van der Waals surface area contributed by atoms with Crippen LogP contribution in [0.1, 0.15) is 31.2 Å². The number of nitrogens with one attached hydrogen (secondary N) is 1. The minimum Gasteiger partial charge on any atom is -0.342 e. The van der Waals surface area contributed by atoms with Crippen LogP contribution in [0.2, 0.25) is 0 Å². The van der Waals surface area contributed by atoms with Crippen LogP contribution in [-0.4, -0.2) is 47.4 Å². The van der Waals surface area contributed by atoms with Gasteiger partial charge in [-0.05, 0) is 31.5 Å². The first-order valence-corrected chi connectivity index (χ1v) is 7.29. The van der Waals surface area contributed by atoms with Crippen molar-refractivity contribution in [2.24, 2.45) is 0 Å². The molecule has 20 heavy (non-hydrogen) atoms. The third-order valence-corrected chi connectivity index (χ3v) is 3.66. The molecule has 0 aliphatic carbocycles. The van der Waals surface area contributed by atoms with Gasteiger partial charge in [0, 0.05) is 31.9 Å². The van der Waals surface area contributed by atoms with Gasteiger partial charge in [0.2, 0.25) is 11.5 Å². The van der Waals surface area contributed by atoms with Crippen molar-refractivity contribution < 1.29 is 4.79 Å². The van der Waals surface area contributed by atoms with Crippen LogP contribution in [0.3, 0.4) is 0 Å². The molecule has 0 unspecified atom stereocenters. The van der Waals surface area contributed by atoms with Gasteiger partial charge in [-0.3, -0.25) is 14.5 Å². The van der Waals surface area contributed by atoms with E-state index in [-0.39, 0.29) is 11.5 Å². The van der Waals surface area contributed by atoms with Gasteiger partial charge in [-0.1, -0.05) is 12.8 Å². The molecular formula is C15H23N3O2. The number of aromatic nitrogens is 1. The van der Waals surface area contributed by atoms with Crippen molar-refractivity contribution in [1.82, 2.24) is 14.8 Å². The quantitative estimate of drug-likeness (QED) is 0.900. The predicted octanol–water partition coefficient (Wildman–Crippen LogP) is 1.21. The lowest BCUT2D eigenvalue weighted by Gasteiger charge is -2.24. The van der Waals surface area contributed by atoms with Gasteiger partial charge in [0.1, 0.15) is 0 Å². The third-order valence-electron chi connectivity index (χ3n) is 3.66. The summed E-state index contributed by atoms with van der Waals surface area (Å²) in [5, 5.41) is 0. The van der Waals surface area contributed by atoms with Crippen molar-refractivity contribution in [3.8, 4) is 0 Å². The van der Waals surface area contributed by atoms with Crippen molar-refractivity contribution in [3.63, 3.8) is 0 Å². The van der Waals surface area contributed by atoms with Crippen molar-refractivity contribution >= 4 is 5.91 Å². The molecule has 5 heteroatoms. The Bertz CT molecular complexity index is 490. The van der Waals surface area contributed by atoms with E-state index in [1.54, 1.807) is 12.3 Å². The fourth-order valence-electron chi connectivity index (χ4n) is 2.61. The highest BCUT2D eigenvalue weighted by Gasteiger charge is 2.16. The van der Waals surface area contributed by atoms with E-state index in [1.165, 1.54) is 12.8 Å². The van der Waals surface area contributed by atoms with E-state index < -0.39 is 0 Å². The lowest BCUT2D eigenvalue weighted by atomic mass is 10.2. The summed E-state index contributed by atoms with van der Waals surface area (Å²) in [4.78, 5) is 30.0. The van der Waals surface area contributed by atoms with Gasteiger partial charge in [0.05, 0.1) is 6.54 Å². The van der Waals surface area contributed by atoms with Gasteiger partial charge < -0.3 is 9.88 Å². The number of likely N-dealkylation sites (N-methyl/N-ethyl adjacent to an activating group) is 1. The van der Waals surface area contributed by atoms with Gasteiger partial charge >= 0.3 is 0 Å². The Labute approximate surface area is 119 Å². The van der Waals surface area contributed by atoms with E-state index >= 15 is 0 Å². The highest BCUT2D eigenvalue weighted by molar-refractivity contribution is 5.78. The number of amides is 1. The summed E-state index contributed by atoms with van der Waals surface area (Å²) in [5.41, 5.74) is 0.828. The van der Waals surface area contributed by atoms with Gasteiger partial charge in [-0.25, -0.2) is 0 Å². The summed E-state index contributed by atoms with van der Waals surface area (Å²) < 4.78 is 0. The lowest BCUT2D eigenvalue weighted by molar-refractivity contribution is -0.132. The summed E-state index contributed by atoms with van der Waals surface area (Å²) in [7, 11) is 1.91. The first kappa shape index (κ1) is 14.8. The number of hydrogen-bond donors (Lipinski definition) is 1. The second kappa shape index (κ2) is 7.24. The number of nitrogens with zero attached hydrogens (tertiary/aromatic N) is 2. The first-order valence-electron chi connectivity index (χ1n) is 7.29. The van der Waals surface area contributed by atoms with Gasteiger partial charge in [-0.15, -0.1) is 0 Å². The van der Waals surface area contributed by atoms with Crippen LogP contribution < -0.4 is 5.56 Å². The van der Waals surface area contributed by atoms with Crippen LogP contribution in [0.15, 0.2) is 23.1 Å². The van der Waals surface area contributed by atoms with Crippen molar-refractivity contribution in [1.29, 1.82) is 0 Å². The van der Waals surface area contributed by atoms with Crippen LogP contribution in [0.5, 0.6) is 0 Å². The molecule has 0 aromatic carbocycles. The van der Waals surface area contributed by atoms with Crippen LogP contribution in [-0.2, 0) is 11.3 Å². The molecule has 1 saturated heterocycles. The first-order chi connectivity index (χ1) is 9.65. The molecule has 1 aromatic heterocycles. The molecule has 0 bridgehead atoms. The Morgan fingerprint density at radius 3 is 2.65 bits per heavy atom. The third kappa shape index (κ3) is 4.49. The zero-order valence-electron chi connectivity index (χ0n) is 12.1. The topological polar surface area (TPSA) is 56.4 Å². The van der Waals surface area contributed by atoms with E-state index in [1.807, 2.05) is 22.9 Å². The number of likely N-dealkylation sites (tertiary alicyclic amines) is 1. The van der Waals surface area contributed by atoms with Crippen molar-refractivity contribution in [2.75, 3.05) is 26.7 Å². The van der Waals surface area contributed by atoms with Gasteiger partial charge in [-0.2, -0.15) is 0 Å². The molecule has 0 radical (unpaired) electrons. The van der Waals surface area contributed by atoms with Crippen LogP contribution in [0.25, 0.3) is 0 Å². The molecule has 5 nitrogen and oxygen atoms in total. The Morgan fingerprint density at radius 1 is 1.30 bits per heavy atom. The van der Waals surface area contributed by atoms with Crippen molar-refractivity contribution in [2.45, 2.75) is 32.2 Å². The Balaban J connectivity index is 1.85. The SMILES string of the molecule is CN(CC(=O)N1CCCCCC1)Cc1cc[nH]c(=O)c1. The maximum Gasteiger partial charge on any atom is 0.248 e. The monoisotopic (exact) mass is 277 g/mol. The molecule has 1 aromatic rings. The molecule has 0 saturated carbocycles. The standard InChI is InChI=1S/C15H23N3O2/c1-17(11-13-6-7-16-14(19)10-13)12-15(20)18-8-4-2-3-5-9-18/h6-7,10H,2-5,8-9,11-12H2,1H3,(H,16,19). The van der Waals surface area contributed by atoms with Crippen LogP contribution in [0.4, 0.5) is 0 Å². The van der Waals surface area contributed by atoms with Gasteiger partial charge in [0.25, 0.3) is 0 Å². The minimum atomic E-state index is -0.102. The smallest absolute Gasteiger partial charge is 0.248 e. The molecule has 1 fully saturated rings. The summed E-state index contributed by atoms with van der Waals surface area (Å²) in [6.07, 6.45) is 6.33. The van der Waals surface area contributed by atoms with Crippen LogP contribution >= 0.6 is 0 Å². The molecule has 110 valence electrons. The number of rotatable bonds is 4. The largest absolute Gasteiger partial charge is 0.342 e. The van der Waals surface area contributed by atoms with E-state index in [9.17, 15) is 9.59 Å². The molecule has 2 heterocycles. The summed E-state index contributed by atoms with van der Waals surface area (Å²) >= 11 is 0. The predicted molar refractivity (Wildman–Crippen MR) is 78.4 cm³/mol. The number of pyridine rings is 1. The average molecular weight is 277 g/mol. The van der Waals surface area contributed by atoms with E-state index in [0.29, 0.717) is 13.1 Å². The number of carbonyl (C=O) groups is 1. The summed E-state index contributed by atoms with van der Waals surface area (Å²) in [6, 6.07) is 3.45.